The maximum absolute atomic E-state index is 12.9. The van der Waals surface area contributed by atoms with Crippen molar-refractivity contribution < 1.29 is 14.4 Å². The number of amides is 3. The summed E-state index contributed by atoms with van der Waals surface area (Å²) in [5, 5.41) is 12.0. The molecule has 0 saturated carbocycles. The number of benzene rings is 3. The van der Waals surface area contributed by atoms with Crippen LogP contribution in [0.5, 0.6) is 0 Å². The van der Waals surface area contributed by atoms with Crippen LogP contribution in [-0.2, 0) is 11.3 Å². The van der Waals surface area contributed by atoms with Gasteiger partial charge in [0.1, 0.15) is 6.07 Å². The highest BCUT2D eigenvalue weighted by atomic mass is 32.2. The molecule has 3 amide bonds. The number of anilines is 1. The molecule has 0 bridgehead atoms. The van der Waals surface area contributed by atoms with E-state index >= 15 is 0 Å². The van der Waals surface area contributed by atoms with Gasteiger partial charge in [0.15, 0.2) is 0 Å². The fourth-order valence-corrected chi connectivity index (χ4v) is 4.87. The molecular weight excluding hydrogens is 442 g/mol. The summed E-state index contributed by atoms with van der Waals surface area (Å²) in [5.41, 5.74) is 2.46. The molecule has 0 spiro atoms. The second-order valence-corrected chi connectivity index (χ2v) is 8.90. The van der Waals surface area contributed by atoms with E-state index in [0.717, 1.165) is 27.1 Å². The third-order valence-corrected chi connectivity index (χ3v) is 6.76. The minimum Gasteiger partial charge on any atom is -0.322 e. The van der Waals surface area contributed by atoms with Crippen LogP contribution in [0, 0.1) is 11.3 Å². The van der Waals surface area contributed by atoms with Gasteiger partial charge in [-0.2, -0.15) is 5.26 Å². The average Bonchev–Trinajstić information content (AvgIpc) is 3.13. The van der Waals surface area contributed by atoms with Crippen molar-refractivity contribution >= 4 is 46.3 Å². The van der Waals surface area contributed by atoms with Crippen LogP contribution in [0.2, 0.25) is 0 Å². The first-order valence-corrected chi connectivity index (χ1v) is 11.5. The van der Waals surface area contributed by atoms with Crippen molar-refractivity contribution in [1.29, 1.82) is 5.26 Å². The van der Waals surface area contributed by atoms with Gasteiger partial charge in [0, 0.05) is 15.5 Å². The molecule has 1 N–H and O–H groups in total. The molecule has 1 aliphatic heterocycles. The van der Waals surface area contributed by atoms with E-state index in [1.54, 1.807) is 48.5 Å². The molecule has 0 aliphatic carbocycles. The number of nitrogens with one attached hydrogen (secondary N) is 1. The average molecular weight is 460 g/mol. The highest BCUT2D eigenvalue weighted by molar-refractivity contribution is 8.14. The summed E-state index contributed by atoms with van der Waals surface area (Å²) < 4.78 is 0. The molecule has 1 aliphatic rings. The lowest BCUT2D eigenvalue weighted by Gasteiger charge is -2.14. The number of rotatable bonds is 6. The number of nitrogens with zero attached hydrogens (tertiary/aromatic N) is 2. The highest BCUT2D eigenvalue weighted by Crippen LogP contribution is 2.33. The monoisotopic (exact) mass is 459 g/mol. The molecule has 32 heavy (non-hydrogen) atoms. The van der Waals surface area contributed by atoms with E-state index in [1.165, 1.54) is 16.7 Å². The maximum atomic E-state index is 12.9. The van der Waals surface area contributed by atoms with Crippen LogP contribution in [0.3, 0.4) is 0 Å². The lowest BCUT2D eigenvalue weighted by Crippen LogP contribution is -2.27. The third kappa shape index (κ3) is 4.85. The lowest BCUT2D eigenvalue weighted by molar-refractivity contribution is -0.125. The molecule has 1 heterocycles. The van der Waals surface area contributed by atoms with E-state index in [9.17, 15) is 19.6 Å². The SMILES string of the molecule is N#Cc1ccccc1Sc1ccccc1C(=O)Nc1ccc(CN2C(=O)CSC2=O)cc1. The zero-order chi connectivity index (χ0) is 22.5. The summed E-state index contributed by atoms with van der Waals surface area (Å²) in [6, 6.07) is 23.7. The molecule has 0 atom stereocenters. The van der Waals surface area contributed by atoms with Crippen LogP contribution in [-0.4, -0.2) is 27.7 Å². The van der Waals surface area contributed by atoms with Crippen LogP contribution in [0.15, 0.2) is 82.6 Å². The highest BCUT2D eigenvalue weighted by Gasteiger charge is 2.29. The summed E-state index contributed by atoms with van der Waals surface area (Å²) in [6.45, 7) is 0.219. The van der Waals surface area contributed by atoms with Gasteiger partial charge >= 0.3 is 0 Å². The van der Waals surface area contributed by atoms with Gasteiger partial charge in [-0.25, -0.2) is 0 Å². The predicted octanol–water partition coefficient (Wildman–Crippen LogP) is 5.16. The fourth-order valence-electron chi connectivity index (χ4n) is 3.12. The van der Waals surface area contributed by atoms with E-state index in [1.807, 2.05) is 24.3 Å². The molecule has 0 unspecified atom stereocenters. The summed E-state index contributed by atoms with van der Waals surface area (Å²) in [5.74, 6) is -0.274. The van der Waals surface area contributed by atoms with Crippen LogP contribution < -0.4 is 5.32 Å². The summed E-state index contributed by atoms with van der Waals surface area (Å²) >= 11 is 2.38. The molecule has 1 fully saturated rings. The number of carbonyl (C=O) groups excluding carboxylic acids is 3. The molecule has 3 aromatic carbocycles. The molecule has 6 nitrogen and oxygen atoms in total. The van der Waals surface area contributed by atoms with Crippen LogP contribution in [0.4, 0.5) is 10.5 Å². The van der Waals surface area contributed by atoms with Gasteiger partial charge in [0.25, 0.3) is 11.1 Å². The minimum atomic E-state index is -0.267. The Labute approximate surface area is 193 Å². The van der Waals surface area contributed by atoms with Crippen molar-refractivity contribution in [3.8, 4) is 6.07 Å². The number of thioether (sulfide) groups is 1. The first-order chi connectivity index (χ1) is 15.5. The zero-order valence-corrected chi connectivity index (χ0v) is 18.4. The van der Waals surface area contributed by atoms with Gasteiger partial charge in [0.2, 0.25) is 5.91 Å². The van der Waals surface area contributed by atoms with Gasteiger partial charge < -0.3 is 5.32 Å². The van der Waals surface area contributed by atoms with Gasteiger partial charge in [0.05, 0.1) is 23.4 Å². The number of nitriles is 1. The predicted molar refractivity (Wildman–Crippen MR) is 125 cm³/mol. The van der Waals surface area contributed by atoms with Crippen LogP contribution in [0.1, 0.15) is 21.5 Å². The van der Waals surface area contributed by atoms with Gasteiger partial charge in [-0.3, -0.25) is 19.3 Å². The zero-order valence-electron chi connectivity index (χ0n) is 16.8. The standard InChI is InChI=1S/C24H17N3O3S2/c25-13-17-5-1-3-7-20(17)32-21-8-4-2-6-19(21)23(29)26-18-11-9-16(10-12-18)14-27-22(28)15-31-24(27)30/h1-12H,14-15H2,(H,26,29). The first kappa shape index (κ1) is 21.7. The van der Waals surface area contributed by atoms with Gasteiger partial charge in [-0.15, -0.1) is 0 Å². The van der Waals surface area contributed by atoms with Crippen molar-refractivity contribution in [3.63, 3.8) is 0 Å². The Morgan fingerprint density at radius 1 is 1.00 bits per heavy atom. The normalized spacial score (nSPS) is 13.2. The smallest absolute Gasteiger partial charge is 0.289 e. The third-order valence-electron chi connectivity index (χ3n) is 4.75. The molecular formula is C24H17N3O3S2. The Kier molecular flexibility index (Phi) is 6.59. The first-order valence-electron chi connectivity index (χ1n) is 9.68. The molecule has 8 heteroatoms. The summed E-state index contributed by atoms with van der Waals surface area (Å²) in [4.78, 5) is 39.2. The Morgan fingerprint density at radius 3 is 2.38 bits per heavy atom. The fraction of sp³-hybridized carbons (Fsp3) is 0.0833. The molecule has 4 rings (SSSR count). The molecule has 0 aromatic heterocycles. The lowest BCUT2D eigenvalue weighted by atomic mass is 10.1. The second-order valence-electron chi connectivity index (χ2n) is 6.89. The van der Waals surface area contributed by atoms with E-state index in [-0.39, 0.29) is 29.4 Å². The number of carbonyl (C=O) groups is 3. The Morgan fingerprint density at radius 2 is 1.69 bits per heavy atom. The van der Waals surface area contributed by atoms with Crippen LogP contribution >= 0.6 is 23.5 Å². The number of hydrogen-bond donors (Lipinski definition) is 1. The Balaban J connectivity index is 1.47. The quantitative estimate of drug-likeness (QED) is 0.548. The number of hydrogen-bond acceptors (Lipinski definition) is 6. The van der Waals surface area contributed by atoms with Crippen LogP contribution in [0.25, 0.3) is 0 Å². The largest absolute Gasteiger partial charge is 0.322 e. The van der Waals surface area contributed by atoms with Crippen molar-refractivity contribution in [2.45, 2.75) is 16.3 Å². The van der Waals surface area contributed by atoms with Crippen molar-refractivity contribution in [1.82, 2.24) is 4.90 Å². The number of imide groups is 1. The minimum absolute atomic E-state index is 0.184. The maximum Gasteiger partial charge on any atom is 0.289 e. The molecule has 158 valence electrons. The summed E-state index contributed by atoms with van der Waals surface area (Å²) in [6.07, 6.45) is 0. The van der Waals surface area contributed by atoms with E-state index in [0.29, 0.717) is 16.8 Å². The molecule has 3 aromatic rings. The molecule has 1 saturated heterocycles. The van der Waals surface area contributed by atoms with E-state index < -0.39 is 0 Å². The van der Waals surface area contributed by atoms with E-state index in [4.69, 9.17) is 0 Å². The van der Waals surface area contributed by atoms with E-state index in [2.05, 4.69) is 11.4 Å². The Bertz CT molecular complexity index is 1220. The topological polar surface area (TPSA) is 90.3 Å². The summed E-state index contributed by atoms with van der Waals surface area (Å²) in [7, 11) is 0. The second kappa shape index (κ2) is 9.73. The van der Waals surface area contributed by atoms with Gasteiger partial charge in [-0.05, 0) is 42.0 Å². The van der Waals surface area contributed by atoms with Gasteiger partial charge in [-0.1, -0.05) is 59.9 Å². The van der Waals surface area contributed by atoms with Crippen molar-refractivity contribution in [3.05, 3.63) is 89.5 Å². The Hall–Kier alpha value is -3.54. The van der Waals surface area contributed by atoms with Crippen molar-refractivity contribution in [2.75, 3.05) is 11.1 Å². The van der Waals surface area contributed by atoms with Crippen molar-refractivity contribution in [2.24, 2.45) is 0 Å². The molecule has 0 radical (unpaired) electrons.